The van der Waals surface area contributed by atoms with Gasteiger partial charge in [-0.25, -0.2) is 9.97 Å². The third-order valence-corrected chi connectivity index (χ3v) is 6.71. The molecule has 0 aliphatic heterocycles. The van der Waals surface area contributed by atoms with Gasteiger partial charge in [-0.3, -0.25) is 9.78 Å². The van der Waals surface area contributed by atoms with Gasteiger partial charge >= 0.3 is 0 Å². The van der Waals surface area contributed by atoms with Crippen LogP contribution in [-0.4, -0.2) is 38.3 Å². The van der Waals surface area contributed by atoms with Gasteiger partial charge in [-0.1, -0.05) is 25.0 Å². The van der Waals surface area contributed by atoms with E-state index >= 15 is 0 Å². The van der Waals surface area contributed by atoms with E-state index < -0.39 is 5.41 Å². The molecule has 1 aliphatic carbocycles. The molecular formula is C26H27N5O3. The number of nitrogens with zero attached hydrogens (tertiary/aromatic N) is 4. The van der Waals surface area contributed by atoms with Gasteiger partial charge < -0.3 is 20.1 Å². The average molecular weight is 458 g/mol. The number of aromatic nitrogens is 4. The molecule has 0 saturated heterocycles. The van der Waals surface area contributed by atoms with Gasteiger partial charge in [0.1, 0.15) is 5.75 Å². The molecule has 0 amide bonds. The number of ether oxygens (including phenoxy) is 1. The summed E-state index contributed by atoms with van der Waals surface area (Å²) in [5.41, 5.74) is 9.12. The van der Waals surface area contributed by atoms with Crippen LogP contribution in [0.5, 0.6) is 5.75 Å². The highest BCUT2D eigenvalue weighted by Gasteiger charge is 2.42. The van der Waals surface area contributed by atoms with Crippen molar-refractivity contribution in [2.45, 2.75) is 24.7 Å². The molecule has 3 aromatic heterocycles. The minimum absolute atomic E-state index is 0.131. The number of anilines is 1. The highest BCUT2D eigenvalue weighted by molar-refractivity contribution is 5.89. The molecular weight excluding hydrogens is 430 g/mol. The topological polar surface area (TPSA) is 116 Å². The predicted octanol–water partition coefficient (Wildman–Crippen LogP) is 3.06. The van der Waals surface area contributed by atoms with Crippen molar-refractivity contribution in [3.8, 4) is 16.9 Å². The van der Waals surface area contributed by atoms with E-state index in [4.69, 9.17) is 15.5 Å². The minimum atomic E-state index is -0.767. The zero-order chi connectivity index (χ0) is 23.9. The SMILES string of the molecule is COc1cc(=O)n(C)cc1-c1ccc2nc(N)nc(C(CO)(CC3CC3)c3cccnc3)c2c1. The molecule has 1 aliphatic rings. The summed E-state index contributed by atoms with van der Waals surface area (Å²) in [7, 11) is 3.25. The van der Waals surface area contributed by atoms with Crippen molar-refractivity contribution < 1.29 is 9.84 Å². The number of aryl methyl sites for hydroxylation is 1. The van der Waals surface area contributed by atoms with Crippen molar-refractivity contribution in [2.24, 2.45) is 13.0 Å². The zero-order valence-corrected chi connectivity index (χ0v) is 19.2. The number of fused-ring (bicyclic) bond motifs is 1. The lowest BCUT2D eigenvalue weighted by molar-refractivity contribution is 0.203. The molecule has 3 N–H and O–H groups in total. The lowest BCUT2D eigenvalue weighted by Gasteiger charge is -2.33. The Hall–Kier alpha value is -3.78. The van der Waals surface area contributed by atoms with Crippen LogP contribution < -0.4 is 16.0 Å². The fourth-order valence-corrected chi connectivity index (χ4v) is 4.72. The van der Waals surface area contributed by atoms with Crippen molar-refractivity contribution in [2.75, 3.05) is 19.5 Å². The quantitative estimate of drug-likeness (QED) is 0.438. The Morgan fingerprint density at radius 1 is 1.24 bits per heavy atom. The van der Waals surface area contributed by atoms with Crippen LogP contribution in [0, 0.1) is 5.92 Å². The number of pyridine rings is 2. The average Bonchev–Trinajstić information content (AvgIpc) is 3.68. The van der Waals surface area contributed by atoms with Crippen molar-refractivity contribution in [1.82, 2.24) is 19.5 Å². The Balaban J connectivity index is 1.79. The number of aliphatic hydroxyl groups is 1. The molecule has 0 bridgehead atoms. The first kappa shape index (κ1) is 22.0. The second kappa shape index (κ2) is 8.53. The molecule has 1 saturated carbocycles. The lowest BCUT2D eigenvalue weighted by Crippen LogP contribution is -2.34. The van der Waals surface area contributed by atoms with Gasteiger partial charge in [0.15, 0.2) is 0 Å². The summed E-state index contributed by atoms with van der Waals surface area (Å²) in [6.45, 7) is -0.131. The standard InChI is InChI=1S/C26H27N5O3/c1-31-14-20(22(34-2)11-23(31)33)17-7-8-21-19(10-17)24(30-25(27)29-21)26(15-32,12-16-5-6-16)18-4-3-9-28-13-18/h3-4,7-11,13-14,16,32H,5-6,12,15H2,1-2H3,(H2,27,29,30). The third-order valence-electron chi connectivity index (χ3n) is 6.71. The van der Waals surface area contributed by atoms with Crippen LogP contribution >= 0.6 is 0 Å². The maximum Gasteiger partial charge on any atom is 0.254 e. The summed E-state index contributed by atoms with van der Waals surface area (Å²) >= 11 is 0. The van der Waals surface area contributed by atoms with Crippen molar-refractivity contribution in [1.29, 1.82) is 0 Å². The summed E-state index contributed by atoms with van der Waals surface area (Å²) in [5.74, 6) is 1.15. The van der Waals surface area contributed by atoms with Crippen molar-refractivity contribution >= 4 is 16.9 Å². The van der Waals surface area contributed by atoms with Crippen LogP contribution in [0.25, 0.3) is 22.0 Å². The number of nitrogens with two attached hydrogens (primary N) is 1. The Morgan fingerprint density at radius 3 is 2.74 bits per heavy atom. The Kier molecular flexibility index (Phi) is 5.53. The monoisotopic (exact) mass is 457 g/mol. The van der Waals surface area contributed by atoms with Gasteiger partial charge in [-0.15, -0.1) is 0 Å². The second-order valence-electron chi connectivity index (χ2n) is 9.00. The van der Waals surface area contributed by atoms with E-state index in [1.165, 1.54) is 10.6 Å². The van der Waals surface area contributed by atoms with Crippen molar-refractivity contribution in [3.05, 3.63) is 76.6 Å². The van der Waals surface area contributed by atoms with Crippen LogP contribution in [0.3, 0.4) is 0 Å². The molecule has 0 radical (unpaired) electrons. The highest BCUT2D eigenvalue weighted by Crippen LogP contribution is 2.47. The number of benzene rings is 1. The molecule has 4 aromatic rings. The van der Waals surface area contributed by atoms with E-state index in [0.717, 1.165) is 41.3 Å². The van der Waals surface area contributed by atoms with Crippen LogP contribution in [-0.2, 0) is 12.5 Å². The normalized spacial score (nSPS) is 15.3. The van der Waals surface area contributed by atoms with E-state index in [1.54, 1.807) is 32.7 Å². The fraction of sp³-hybridized carbons (Fsp3) is 0.308. The summed E-state index contributed by atoms with van der Waals surface area (Å²) in [6, 6.07) is 11.1. The number of hydrogen-bond donors (Lipinski definition) is 2. The molecule has 34 heavy (non-hydrogen) atoms. The maximum absolute atomic E-state index is 12.1. The second-order valence-corrected chi connectivity index (χ2v) is 9.00. The molecule has 0 spiro atoms. The number of hydrogen-bond acceptors (Lipinski definition) is 7. The smallest absolute Gasteiger partial charge is 0.254 e. The van der Waals surface area contributed by atoms with Gasteiger partial charge in [-0.05, 0) is 41.7 Å². The summed E-state index contributed by atoms with van der Waals surface area (Å²) < 4.78 is 7.02. The predicted molar refractivity (Wildman–Crippen MR) is 131 cm³/mol. The molecule has 8 heteroatoms. The van der Waals surface area contributed by atoms with Crippen LogP contribution in [0.15, 0.2) is 59.8 Å². The summed E-state index contributed by atoms with van der Waals surface area (Å²) in [4.78, 5) is 25.6. The zero-order valence-electron chi connectivity index (χ0n) is 19.2. The first-order chi connectivity index (χ1) is 16.4. The van der Waals surface area contributed by atoms with Crippen LogP contribution in [0.4, 0.5) is 5.95 Å². The van der Waals surface area contributed by atoms with Gasteiger partial charge in [0, 0.05) is 42.7 Å². The maximum atomic E-state index is 12.1. The van der Waals surface area contributed by atoms with Crippen LogP contribution in [0.2, 0.25) is 0 Å². The molecule has 1 unspecified atom stereocenters. The van der Waals surface area contributed by atoms with E-state index in [1.807, 2.05) is 30.3 Å². The number of methoxy groups -OCH3 is 1. The van der Waals surface area contributed by atoms with Gasteiger partial charge in [0.25, 0.3) is 5.56 Å². The molecule has 3 heterocycles. The molecule has 1 atom stereocenters. The number of nitrogen functional groups attached to an aromatic ring is 1. The fourth-order valence-electron chi connectivity index (χ4n) is 4.72. The number of rotatable bonds is 7. The lowest BCUT2D eigenvalue weighted by atomic mass is 9.73. The molecule has 174 valence electrons. The Bertz CT molecular complexity index is 1420. The van der Waals surface area contributed by atoms with E-state index in [-0.39, 0.29) is 18.1 Å². The highest BCUT2D eigenvalue weighted by atomic mass is 16.5. The minimum Gasteiger partial charge on any atom is -0.496 e. The molecule has 1 fully saturated rings. The summed E-state index contributed by atoms with van der Waals surface area (Å²) in [6.07, 6.45) is 8.27. The molecule has 1 aromatic carbocycles. The Morgan fingerprint density at radius 2 is 2.06 bits per heavy atom. The van der Waals surface area contributed by atoms with Gasteiger partial charge in [0.05, 0.1) is 30.3 Å². The van der Waals surface area contributed by atoms with Gasteiger partial charge in [0.2, 0.25) is 5.95 Å². The number of aliphatic hydroxyl groups excluding tert-OH is 1. The first-order valence-electron chi connectivity index (χ1n) is 11.3. The summed E-state index contributed by atoms with van der Waals surface area (Å²) in [5, 5.41) is 11.7. The van der Waals surface area contributed by atoms with E-state index in [0.29, 0.717) is 22.9 Å². The Labute approximate surface area is 197 Å². The largest absolute Gasteiger partial charge is 0.496 e. The molecule has 8 nitrogen and oxygen atoms in total. The van der Waals surface area contributed by atoms with E-state index in [2.05, 4.69) is 9.97 Å². The first-order valence-corrected chi connectivity index (χ1v) is 11.3. The van der Waals surface area contributed by atoms with Gasteiger partial charge in [-0.2, -0.15) is 0 Å². The molecule has 5 rings (SSSR count). The third kappa shape index (κ3) is 3.80. The van der Waals surface area contributed by atoms with Crippen LogP contribution in [0.1, 0.15) is 30.5 Å². The van der Waals surface area contributed by atoms with E-state index in [9.17, 15) is 9.90 Å². The van der Waals surface area contributed by atoms with Crippen molar-refractivity contribution in [3.63, 3.8) is 0 Å².